The lowest BCUT2D eigenvalue weighted by Crippen LogP contribution is -2.38. The SMILES string of the molecule is CCCOC(=O)C(=O)N(CCCC(=O)CC)Cc1ccc(OC)cc1. The van der Waals surface area contributed by atoms with E-state index >= 15 is 0 Å². The zero-order valence-electron chi connectivity index (χ0n) is 15.2. The summed E-state index contributed by atoms with van der Waals surface area (Å²) >= 11 is 0. The molecule has 0 spiro atoms. The minimum atomic E-state index is -0.850. The molecule has 0 aliphatic heterocycles. The number of hydrogen-bond acceptors (Lipinski definition) is 5. The van der Waals surface area contributed by atoms with E-state index < -0.39 is 11.9 Å². The standard InChI is InChI=1S/C19H27NO5/c1-4-13-25-19(23)18(22)20(12-6-7-16(21)5-2)14-15-8-10-17(24-3)11-9-15/h8-11H,4-7,12-14H2,1-3H3. The summed E-state index contributed by atoms with van der Waals surface area (Å²) in [4.78, 5) is 37.1. The summed E-state index contributed by atoms with van der Waals surface area (Å²) < 4.78 is 10.1. The van der Waals surface area contributed by atoms with Crippen LogP contribution in [0.15, 0.2) is 24.3 Å². The molecule has 1 aromatic carbocycles. The molecule has 0 unspecified atom stereocenters. The van der Waals surface area contributed by atoms with Crippen molar-refractivity contribution in [2.24, 2.45) is 0 Å². The maximum absolute atomic E-state index is 12.4. The van der Waals surface area contributed by atoms with E-state index in [1.54, 1.807) is 19.2 Å². The fourth-order valence-electron chi connectivity index (χ4n) is 2.23. The normalized spacial score (nSPS) is 10.2. The van der Waals surface area contributed by atoms with Crippen molar-refractivity contribution in [2.45, 2.75) is 46.1 Å². The van der Waals surface area contributed by atoms with Gasteiger partial charge in [-0.3, -0.25) is 9.59 Å². The van der Waals surface area contributed by atoms with E-state index in [4.69, 9.17) is 9.47 Å². The van der Waals surface area contributed by atoms with E-state index in [2.05, 4.69) is 0 Å². The number of carbonyl (C=O) groups excluding carboxylic acids is 3. The minimum absolute atomic E-state index is 0.144. The Morgan fingerprint density at radius 1 is 1.08 bits per heavy atom. The van der Waals surface area contributed by atoms with Crippen LogP contribution in [0.3, 0.4) is 0 Å². The van der Waals surface area contributed by atoms with Crippen molar-refractivity contribution in [3.63, 3.8) is 0 Å². The molecular formula is C19H27NO5. The van der Waals surface area contributed by atoms with Gasteiger partial charge in [0.1, 0.15) is 11.5 Å². The van der Waals surface area contributed by atoms with Gasteiger partial charge in [-0.25, -0.2) is 4.79 Å². The molecule has 1 amide bonds. The van der Waals surface area contributed by atoms with Gasteiger partial charge in [0.15, 0.2) is 0 Å². The number of nitrogens with zero attached hydrogens (tertiary/aromatic N) is 1. The van der Waals surface area contributed by atoms with Gasteiger partial charge in [-0.15, -0.1) is 0 Å². The van der Waals surface area contributed by atoms with Crippen LogP contribution in [0, 0.1) is 0 Å². The number of benzene rings is 1. The van der Waals surface area contributed by atoms with Crippen molar-refractivity contribution < 1.29 is 23.9 Å². The molecule has 1 aromatic rings. The number of rotatable bonds is 10. The average Bonchev–Trinajstić information content (AvgIpc) is 2.64. The van der Waals surface area contributed by atoms with Crippen LogP contribution in [0.1, 0.15) is 45.1 Å². The van der Waals surface area contributed by atoms with Gasteiger partial charge in [-0.1, -0.05) is 26.0 Å². The predicted molar refractivity (Wildman–Crippen MR) is 94.2 cm³/mol. The first kappa shape index (κ1) is 20.7. The van der Waals surface area contributed by atoms with Crippen molar-refractivity contribution in [2.75, 3.05) is 20.3 Å². The Morgan fingerprint density at radius 2 is 1.76 bits per heavy atom. The number of ether oxygens (including phenoxy) is 2. The summed E-state index contributed by atoms with van der Waals surface area (Å²) in [6.07, 6.45) is 2.05. The number of ketones is 1. The van der Waals surface area contributed by atoms with Gasteiger partial charge in [0.2, 0.25) is 0 Å². The van der Waals surface area contributed by atoms with Gasteiger partial charge in [-0.2, -0.15) is 0 Å². The third-order valence-corrected chi connectivity index (χ3v) is 3.71. The molecule has 6 heteroatoms. The first-order valence-corrected chi connectivity index (χ1v) is 8.62. The molecule has 0 heterocycles. The number of amides is 1. The molecule has 0 bridgehead atoms. The van der Waals surface area contributed by atoms with Crippen molar-refractivity contribution in [3.8, 4) is 5.75 Å². The van der Waals surface area contributed by atoms with E-state index in [0.29, 0.717) is 32.2 Å². The summed E-state index contributed by atoms with van der Waals surface area (Å²) in [7, 11) is 1.58. The number of Topliss-reactive ketones (excluding diaryl/α,β-unsaturated/α-hetero) is 1. The highest BCUT2D eigenvalue weighted by Crippen LogP contribution is 2.14. The Bertz CT molecular complexity index is 568. The Balaban J connectivity index is 2.76. The summed E-state index contributed by atoms with van der Waals surface area (Å²) in [6, 6.07) is 7.28. The van der Waals surface area contributed by atoms with Crippen molar-refractivity contribution >= 4 is 17.7 Å². The van der Waals surface area contributed by atoms with E-state index in [1.165, 1.54) is 4.90 Å². The van der Waals surface area contributed by atoms with Crippen LogP contribution in [0.2, 0.25) is 0 Å². The molecular weight excluding hydrogens is 322 g/mol. The first-order valence-electron chi connectivity index (χ1n) is 8.62. The lowest BCUT2D eigenvalue weighted by molar-refractivity contribution is -0.160. The van der Waals surface area contributed by atoms with Crippen LogP contribution < -0.4 is 4.74 Å². The van der Waals surface area contributed by atoms with Gasteiger partial charge >= 0.3 is 11.9 Å². The number of methoxy groups -OCH3 is 1. The first-order chi connectivity index (χ1) is 12.0. The highest BCUT2D eigenvalue weighted by Gasteiger charge is 2.23. The van der Waals surface area contributed by atoms with Gasteiger partial charge < -0.3 is 14.4 Å². The predicted octanol–water partition coefficient (Wildman–Crippen LogP) is 2.74. The zero-order chi connectivity index (χ0) is 18.7. The molecule has 0 saturated carbocycles. The van der Waals surface area contributed by atoms with Crippen LogP contribution in [0.5, 0.6) is 5.75 Å². The number of esters is 1. The number of hydrogen-bond donors (Lipinski definition) is 0. The second kappa shape index (κ2) is 11.2. The van der Waals surface area contributed by atoms with Crippen LogP contribution in [0.25, 0.3) is 0 Å². The molecule has 138 valence electrons. The minimum Gasteiger partial charge on any atom is -0.497 e. The third-order valence-electron chi connectivity index (χ3n) is 3.71. The second-order valence-electron chi connectivity index (χ2n) is 5.71. The van der Waals surface area contributed by atoms with Gasteiger partial charge in [0, 0.05) is 25.9 Å². The third kappa shape index (κ3) is 7.37. The zero-order valence-corrected chi connectivity index (χ0v) is 15.2. The molecule has 0 saturated heterocycles. The fourth-order valence-corrected chi connectivity index (χ4v) is 2.23. The maximum atomic E-state index is 12.4. The molecule has 0 aliphatic carbocycles. The average molecular weight is 349 g/mol. The van der Waals surface area contributed by atoms with Crippen molar-refractivity contribution in [3.05, 3.63) is 29.8 Å². The van der Waals surface area contributed by atoms with Gasteiger partial charge in [0.05, 0.1) is 13.7 Å². The Kier molecular flexibility index (Phi) is 9.29. The van der Waals surface area contributed by atoms with Crippen LogP contribution in [-0.4, -0.2) is 42.8 Å². The van der Waals surface area contributed by atoms with E-state index in [0.717, 1.165) is 11.3 Å². The molecule has 0 N–H and O–H groups in total. The fraction of sp³-hybridized carbons (Fsp3) is 0.526. The maximum Gasteiger partial charge on any atom is 0.397 e. The Labute approximate surface area is 149 Å². The summed E-state index contributed by atoms with van der Waals surface area (Å²) in [5.41, 5.74) is 0.874. The Hall–Kier alpha value is -2.37. The smallest absolute Gasteiger partial charge is 0.397 e. The molecule has 0 fully saturated rings. The summed E-state index contributed by atoms with van der Waals surface area (Å²) in [5, 5.41) is 0. The topological polar surface area (TPSA) is 72.9 Å². The molecule has 25 heavy (non-hydrogen) atoms. The second-order valence-corrected chi connectivity index (χ2v) is 5.71. The highest BCUT2D eigenvalue weighted by atomic mass is 16.5. The van der Waals surface area contributed by atoms with Crippen LogP contribution in [-0.2, 0) is 25.7 Å². The van der Waals surface area contributed by atoms with E-state index in [-0.39, 0.29) is 18.9 Å². The van der Waals surface area contributed by atoms with Crippen LogP contribution in [0.4, 0.5) is 0 Å². The summed E-state index contributed by atoms with van der Waals surface area (Å²) in [5.74, 6) is -0.659. The van der Waals surface area contributed by atoms with Gasteiger partial charge in [0.25, 0.3) is 0 Å². The van der Waals surface area contributed by atoms with Gasteiger partial charge in [-0.05, 0) is 30.5 Å². The lowest BCUT2D eigenvalue weighted by atomic mass is 10.1. The molecule has 1 rings (SSSR count). The highest BCUT2D eigenvalue weighted by molar-refractivity contribution is 6.32. The van der Waals surface area contributed by atoms with Crippen molar-refractivity contribution in [1.82, 2.24) is 4.90 Å². The molecule has 0 radical (unpaired) electrons. The Morgan fingerprint density at radius 3 is 2.32 bits per heavy atom. The monoisotopic (exact) mass is 349 g/mol. The molecule has 0 aromatic heterocycles. The molecule has 0 atom stereocenters. The number of carbonyl (C=O) groups is 3. The van der Waals surface area contributed by atoms with E-state index in [1.807, 2.05) is 26.0 Å². The summed E-state index contributed by atoms with van der Waals surface area (Å²) in [6.45, 7) is 4.51. The van der Waals surface area contributed by atoms with E-state index in [9.17, 15) is 14.4 Å². The van der Waals surface area contributed by atoms with Crippen LogP contribution >= 0.6 is 0 Å². The molecule has 0 aliphatic rings. The largest absolute Gasteiger partial charge is 0.497 e. The lowest BCUT2D eigenvalue weighted by Gasteiger charge is -2.22. The quantitative estimate of drug-likeness (QED) is 0.480. The molecule has 6 nitrogen and oxygen atoms in total. The van der Waals surface area contributed by atoms with Crippen molar-refractivity contribution in [1.29, 1.82) is 0 Å².